The van der Waals surface area contributed by atoms with Crippen LogP contribution in [0.2, 0.25) is 0 Å². The maximum absolute atomic E-state index is 12.0. The van der Waals surface area contributed by atoms with Crippen LogP contribution in [0.3, 0.4) is 0 Å². The van der Waals surface area contributed by atoms with Crippen LogP contribution in [0.1, 0.15) is 11.6 Å². The molecule has 0 spiro atoms. The van der Waals surface area contributed by atoms with Gasteiger partial charge in [-0.05, 0) is 17.7 Å². The number of carboxylic acid groups (broad SMARTS) is 1. The second-order valence-electron chi connectivity index (χ2n) is 2.76. The lowest BCUT2D eigenvalue weighted by Gasteiger charge is -2.07. The Hall–Kier alpha value is -1.14. The van der Waals surface area contributed by atoms with Crippen LogP contribution >= 0.6 is 11.8 Å². The van der Waals surface area contributed by atoms with Gasteiger partial charge in [-0.3, -0.25) is 4.79 Å². The Morgan fingerprint density at radius 3 is 2.27 bits per heavy atom. The fourth-order valence-electron chi connectivity index (χ4n) is 0.999. The Kier molecular flexibility index (Phi) is 4.05. The summed E-state index contributed by atoms with van der Waals surface area (Å²) in [4.78, 5) is 10.9. The number of aliphatic carboxylic acids is 1. The Morgan fingerprint density at radius 1 is 1.33 bits per heavy atom. The molecule has 1 unspecified atom stereocenters. The first-order valence-corrected chi connectivity index (χ1v) is 4.92. The van der Waals surface area contributed by atoms with Crippen molar-refractivity contribution >= 4 is 17.7 Å². The van der Waals surface area contributed by atoms with Crippen molar-refractivity contribution in [1.82, 2.24) is 0 Å². The second kappa shape index (κ2) is 5.09. The van der Waals surface area contributed by atoms with Crippen LogP contribution in [0.25, 0.3) is 0 Å². The summed E-state index contributed by atoms with van der Waals surface area (Å²) in [6.07, 6.45) is 0. The number of hydrogen-bond donors (Lipinski definition) is 2. The molecule has 0 aromatic heterocycles. The standard InChI is InChI=1S/C9H9F2NO2S/c10-9(11)15-6-3-1-5(2-4-6)7(12)8(13)14/h1-4,7,9H,12H2,(H,13,14). The molecule has 0 aliphatic carbocycles. The molecule has 6 heteroatoms. The van der Waals surface area contributed by atoms with E-state index in [2.05, 4.69) is 0 Å². The van der Waals surface area contributed by atoms with Crippen molar-refractivity contribution < 1.29 is 18.7 Å². The van der Waals surface area contributed by atoms with Gasteiger partial charge in [0.05, 0.1) is 0 Å². The summed E-state index contributed by atoms with van der Waals surface area (Å²) < 4.78 is 23.9. The predicted molar refractivity (Wildman–Crippen MR) is 52.9 cm³/mol. The van der Waals surface area contributed by atoms with E-state index in [1.807, 2.05) is 0 Å². The van der Waals surface area contributed by atoms with Crippen LogP contribution < -0.4 is 5.73 Å². The lowest BCUT2D eigenvalue weighted by Crippen LogP contribution is -2.20. The van der Waals surface area contributed by atoms with E-state index in [-0.39, 0.29) is 0 Å². The van der Waals surface area contributed by atoms with Crippen LogP contribution in [0.4, 0.5) is 8.78 Å². The minimum Gasteiger partial charge on any atom is -0.480 e. The molecule has 3 N–H and O–H groups in total. The molecule has 0 saturated carbocycles. The van der Waals surface area contributed by atoms with E-state index in [1.165, 1.54) is 24.3 Å². The molecule has 15 heavy (non-hydrogen) atoms. The first kappa shape index (κ1) is 11.9. The van der Waals surface area contributed by atoms with Crippen molar-refractivity contribution in [3.05, 3.63) is 29.8 Å². The molecule has 1 atom stereocenters. The zero-order chi connectivity index (χ0) is 11.4. The number of hydrogen-bond acceptors (Lipinski definition) is 3. The van der Waals surface area contributed by atoms with Crippen molar-refractivity contribution in [3.8, 4) is 0 Å². The Morgan fingerprint density at radius 2 is 1.87 bits per heavy atom. The van der Waals surface area contributed by atoms with Gasteiger partial charge in [-0.25, -0.2) is 0 Å². The summed E-state index contributed by atoms with van der Waals surface area (Å²) in [6, 6.07) is 4.60. The third kappa shape index (κ3) is 3.49. The van der Waals surface area contributed by atoms with Gasteiger partial charge in [0.25, 0.3) is 5.76 Å². The molecule has 1 aromatic carbocycles. The zero-order valence-corrected chi connectivity index (χ0v) is 8.38. The van der Waals surface area contributed by atoms with Crippen LogP contribution in [0.15, 0.2) is 29.2 Å². The minimum atomic E-state index is -2.48. The average molecular weight is 233 g/mol. The Labute approximate surface area is 89.3 Å². The van der Waals surface area contributed by atoms with Gasteiger partial charge in [0.15, 0.2) is 0 Å². The van der Waals surface area contributed by atoms with Gasteiger partial charge in [0, 0.05) is 4.90 Å². The molecule has 0 fully saturated rings. The number of alkyl halides is 2. The molecule has 0 radical (unpaired) electrons. The third-order valence-corrected chi connectivity index (χ3v) is 2.45. The zero-order valence-electron chi connectivity index (χ0n) is 7.56. The summed E-state index contributed by atoms with van der Waals surface area (Å²) in [5, 5.41) is 8.60. The van der Waals surface area contributed by atoms with Gasteiger partial charge in [0.2, 0.25) is 0 Å². The number of thioether (sulfide) groups is 1. The topological polar surface area (TPSA) is 63.3 Å². The number of benzene rings is 1. The van der Waals surface area contributed by atoms with E-state index in [0.29, 0.717) is 22.2 Å². The average Bonchev–Trinajstić information content (AvgIpc) is 2.17. The molecule has 0 aliphatic heterocycles. The number of rotatable bonds is 4. The molecule has 0 saturated heterocycles. The summed E-state index contributed by atoms with van der Waals surface area (Å²) in [5.74, 6) is -3.63. The van der Waals surface area contributed by atoms with Crippen LogP contribution in [-0.4, -0.2) is 16.8 Å². The Bertz CT molecular complexity index is 342. The van der Waals surface area contributed by atoms with Crippen LogP contribution in [0.5, 0.6) is 0 Å². The molecule has 82 valence electrons. The lowest BCUT2D eigenvalue weighted by molar-refractivity contribution is -0.138. The third-order valence-electron chi connectivity index (χ3n) is 1.73. The molecule has 0 aliphatic rings. The maximum Gasteiger partial charge on any atom is 0.325 e. The van der Waals surface area contributed by atoms with Gasteiger partial charge >= 0.3 is 5.97 Å². The van der Waals surface area contributed by atoms with Gasteiger partial charge in [-0.15, -0.1) is 0 Å². The number of nitrogens with two attached hydrogens (primary N) is 1. The summed E-state index contributed by atoms with van der Waals surface area (Å²) in [5.41, 5.74) is 5.72. The van der Waals surface area contributed by atoms with E-state index >= 15 is 0 Å². The van der Waals surface area contributed by atoms with Gasteiger partial charge in [-0.1, -0.05) is 23.9 Å². The van der Waals surface area contributed by atoms with Crippen LogP contribution in [0, 0.1) is 0 Å². The first-order valence-electron chi connectivity index (χ1n) is 4.04. The SMILES string of the molecule is NC(C(=O)O)c1ccc(SC(F)F)cc1. The van der Waals surface area contributed by atoms with Crippen molar-refractivity contribution in [2.75, 3.05) is 0 Å². The second-order valence-corrected chi connectivity index (χ2v) is 3.83. The first-order chi connectivity index (χ1) is 7.00. The van der Waals surface area contributed by atoms with Crippen LogP contribution in [-0.2, 0) is 4.79 Å². The quantitative estimate of drug-likeness (QED) is 0.781. The lowest BCUT2D eigenvalue weighted by atomic mass is 10.1. The normalized spacial score (nSPS) is 12.8. The molecule has 0 bridgehead atoms. The Balaban J connectivity index is 2.76. The molecular weight excluding hydrogens is 224 g/mol. The van der Waals surface area contributed by atoms with Gasteiger partial charge in [-0.2, -0.15) is 8.78 Å². The van der Waals surface area contributed by atoms with E-state index in [4.69, 9.17) is 10.8 Å². The highest BCUT2D eigenvalue weighted by Crippen LogP contribution is 2.26. The number of carboxylic acids is 1. The predicted octanol–water partition coefficient (Wildman–Crippen LogP) is 2.09. The van der Waals surface area contributed by atoms with Gasteiger partial charge < -0.3 is 10.8 Å². The fraction of sp³-hybridized carbons (Fsp3) is 0.222. The fourth-order valence-corrected chi connectivity index (χ4v) is 1.50. The van der Waals surface area contributed by atoms with Crippen molar-refractivity contribution in [2.45, 2.75) is 16.7 Å². The largest absolute Gasteiger partial charge is 0.480 e. The monoisotopic (exact) mass is 233 g/mol. The summed E-state index contributed by atoms with van der Waals surface area (Å²) in [7, 11) is 0. The molecule has 1 aromatic rings. The van der Waals surface area contributed by atoms with Crippen molar-refractivity contribution in [1.29, 1.82) is 0 Å². The highest BCUT2D eigenvalue weighted by Gasteiger charge is 2.14. The molecule has 0 heterocycles. The number of carbonyl (C=O) groups is 1. The van der Waals surface area contributed by atoms with E-state index in [9.17, 15) is 13.6 Å². The van der Waals surface area contributed by atoms with E-state index < -0.39 is 17.8 Å². The van der Waals surface area contributed by atoms with Crippen molar-refractivity contribution in [3.63, 3.8) is 0 Å². The summed E-state index contributed by atoms with van der Waals surface area (Å²) >= 11 is 0.406. The molecule has 0 amide bonds. The maximum atomic E-state index is 12.0. The number of halogens is 2. The summed E-state index contributed by atoms with van der Waals surface area (Å²) in [6.45, 7) is 0. The van der Waals surface area contributed by atoms with E-state index in [0.717, 1.165) is 0 Å². The highest BCUT2D eigenvalue weighted by atomic mass is 32.2. The smallest absolute Gasteiger partial charge is 0.325 e. The minimum absolute atomic E-state index is 0.381. The van der Waals surface area contributed by atoms with Gasteiger partial charge in [0.1, 0.15) is 6.04 Å². The highest BCUT2D eigenvalue weighted by molar-refractivity contribution is 7.99. The van der Waals surface area contributed by atoms with E-state index in [1.54, 1.807) is 0 Å². The molecular formula is C9H9F2NO2S. The molecule has 1 rings (SSSR count). The van der Waals surface area contributed by atoms with Crippen molar-refractivity contribution in [2.24, 2.45) is 5.73 Å². The molecule has 3 nitrogen and oxygen atoms in total.